The van der Waals surface area contributed by atoms with Crippen LogP contribution in [0.3, 0.4) is 0 Å². The fourth-order valence-electron chi connectivity index (χ4n) is 3.55. The van der Waals surface area contributed by atoms with E-state index in [1.165, 1.54) is 12.1 Å². The number of nitrogens with two attached hydrogens (primary N) is 1. The molecule has 2 heterocycles. The van der Waals surface area contributed by atoms with Gasteiger partial charge in [-0.1, -0.05) is 12.1 Å². The van der Waals surface area contributed by atoms with Gasteiger partial charge in [0.2, 0.25) is 0 Å². The minimum Gasteiger partial charge on any atom is -0.330 e. The zero-order valence-corrected chi connectivity index (χ0v) is 17.2. The molecule has 0 fully saturated rings. The molecule has 0 spiro atoms. The van der Waals surface area contributed by atoms with Crippen molar-refractivity contribution in [3.8, 4) is 28.6 Å². The molecule has 0 saturated carbocycles. The van der Waals surface area contributed by atoms with Crippen LogP contribution in [0.15, 0.2) is 67.0 Å². The van der Waals surface area contributed by atoms with Gasteiger partial charge in [-0.15, -0.1) is 0 Å². The lowest BCUT2D eigenvalue weighted by Gasteiger charge is -2.12. The molecule has 0 aliphatic heterocycles. The standard InChI is InChI=1S/C25H22FN5/c1-17-30-25(20-4-6-22(26)7-5-20)16-31(17)15-21-12-19(13-28)2-8-23(21)24-9-3-18(10-11-27)14-29-24/h2-9,12,14,16H,10-11,15,27H2,1H3. The zero-order valence-electron chi connectivity index (χ0n) is 17.2. The van der Waals surface area contributed by atoms with E-state index >= 15 is 0 Å². The summed E-state index contributed by atoms with van der Waals surface area (Å²) in [5.74, 6) is 0.557. The van der Waals surface area contributed by atoms with Gasteiger partial charge in [-0.25, -0.2) is 9.37 Å². The van der Waals surface area contributed by atoms with Gasteiger partial charge in [-0.05, 0) is 73.5 Å². The average Bonchev–Trinajstić information content (AvgIpc) is 3.15. The predicted octanol–water partition coefficient (Wildman–Crippen LogP) is 4.48. The number of imidazole rings is 1. The first-order valence-corrected chi connectivity index (χ1v) is 10.1. The molecular weight excluding hydrogens is 389 g/mol. The quantitative estimate of drug-likeness (QED) is 0.507. The highest BCUT2D eigenvalue weighted by molar-refractivity contribution is 5.65. The van der Waals surface area contributed by atoms with E-state index in [9.17, 15) is 9.65 Å². The molecule has 0 radical (unpaired) electrons. The second kappa shape index (κ2) is 8.90. The van der Waals surface area contributed by atoms with Gasteiger partial charge in [0.15, 0.2) is 0 Å². The summed E-state index contributed by atoms with van der Waals surface area (Å²) < 4.78 is 15.3. The lowest BCUT2D eigenvalue weighted by molar-refractivity contribution is 0.628. The van der Waals surface area contributed by atoms with E-state index in [0.717, 1.165) is 45.9 Å². The number of benzene rings is 2. The monoisotopic (exact) mass is 411 g/mol. The molecule has 2 aromatic carbocycles. The van der Waals surface area contributed by atoms with E-state index < -0.39 is 0 Å². The van der Waals surface area contributed by atoms with E-state index in [0.29, 0.717) is 18.7 Å². The maximum atomic E-state index is 13.3. The molecule has 2 N–H and O–H groups in total. The van der Waals surface area contributed by atoms with E-state index in [2.05, 4.69) is 16.0 Å². The minimum absolute atomic E-state index is 0.275. The van der Waals surface area contributed by atoms with Crippen LogP contribution in [0.25, 0.3) is 22.5 Å². The van der Waals surface area contributed by atoms with Crippen LogP contribution in [0.2, 0.25) is 0 Å². The number of aryl methyl sites for hydroxylation is 1. The topological polar surface area (TPSA) is 80.5 Å². The molecule has 5 nitrogen and oxygen atoms in total. The second-order valence-electron chi connectivity index (χ2n) is 7.38. The van der Waals surface area contributed by atoms with Gasteiger partial charge in [0, 0.05) is 30.1 Å². The van der Waals surface area contributed by atoms with Crippen LogP contribution in [0.1, 0.15) is 22.5 Å². The van der Waals surface area contributed by atoms with Gasteiger partial charge in [0.05, 0.1) is 23.0 Å². The highest BCUT2D eigenvalue weighted by Gasteiger charge is 2.12. The molecule has 2 aromatic heterocycles. The Morgan fingerprint density at radius 3 is 2.55 bits per heavy atom. The summed E-state index contributed by atoms with van der Waals surface area (Å²) in [6, 6.07) is 18.2. The Balaban J connectivity index is 1.69. The van der Waals surface area contributed by atoms with Gasteiger partial charge < -0.3 is 10.3 Å². The molecule has 4 aromatic rings. The highest BCUT2D eigenvalue weighted by atomic mass is 19.1. The maximum absolute atomic E-state index is 13.3. The lowest BCUT2D eigenvalue weighted by Crippen LogP contribution is -2.04. The number of nitrogens with zero attached hydrogens (tertiary/aromatic N) is 4. The summed E-state index contributed by atoms with van der Waals surface area (Å²) in [4.78, 5) is 9.24. The Kier molecular flexibility index (Phi) is 5.87. The van der Waals surface area contributed by atoms with Crippen molar-refractivity contribution in [3.63, 3.8) is 0 Å². The van der Waals surface area contributed by atoms with Crippen molar-refractivity contribution >= 4 is 0 Å². The summed E-state index contributed by atoms with van der Waals surface area (Å²) in [6.07, 6.45) is 4.58. The van der Waals surface area contributed by atoms with Crippen molar-refractivity contribution in [2.24, 2.45) is 5.73 Å². The molecule has 0 aliphatic rings. The molecule has 0 aliphatic carbocycles. The van der Waals surface area contributed by atoms with E-state index in [1.54, 1.807) is 18.2 Å². The first-order valence-electron chi connectivity index (χ1n) is 10.1. The summed E-state index contributed by atoms with van der Waals surface area (Å²) in [5.41, 5.74) is 11.7. The fourth-order valence-corrected chi connectivity index (χ4v) is 3.55. The van der Waals surface area contributed by atoms with Crippen molar-refractivity contribution < 1.29 is 4.39 Å². The van der Waals surface area contributed by atoms with Crippen molar-refractivity contribution in [2.45, 2.75) is 19.9 Å². The molecular formula is C25H22FN5. The summed E-state index contributed by atoms with van der Waals surface area (Å²) in [6.45, 7) is 3.05. The Bertz CT molecular complexity index is 1230. The van der Waals surface area contributed by atoms with E-state index in [4.69, 9.17) is 5.73 Å². The molecule has 0 bridgehead atoms. The predicted molar refractivity (Wildman–Crippen MR) is 119 cm³/mol. The third-order valence-electron chi connectivity index (χ3n) is 5.22. The lowest BCUT2D eigenvalue weighted by atomic mass is 10.0. The third kappa shape index (κ3) is 4.52. The summed E-state index contributed by atoms with van der Waals surface area (Å²) in [5, 5.41) is 9.39. The SMILES string of the molecule is Cc1nc(-c2ccc(F)cc2)cn1Cc1cc(C#N)ccc1-c1ccc(CCN)cn1. The average molecular weight is 411 g/mol. The van der Waals surface area contributed by atoms with Crippen LogP contribution in [-0.4, -0.2) is 21.1 Å². The Labute approximate surface area is 180 Å². The molecule has 0 unspecified atom stereocenters. The Hall–Kier alpha value is -3.82. The van der Waals surface area contributed by atoms with Gasteiger partial charge in [0.1, 0.15) is 11.6 Å². The highest BCUT2D eigenvalue weighted by Crippen LogP contribution is 2.26. The molecule has 0 saturated heterocycles. The molecule has 0 atom stereocenters. The number of hydrogen-bond donors (Lipinski definition) is 1. The first-order chi connectivity index (χ1) is 15.1. The van der Waals surface area contributed by atoms with Gasteiger partial charge in [0.25, 0.3) is 0 Å². The van der Waals surface area contributed by atoms with Crippen molar-refractivity contribution in [1.82, 2.24) is 14.5 Å². The minimum atomic E-state index is -0.275. The molecule has 31 heavy (non-hydrogen) atoms. The number of nitriles is 1. The van der Waals surface area contributed by atoms with Crippen LogP contribution in [0, 0.1) is 24.1 Å². The number of hydrogen-bond acceptors (Lipinski definition) is 4. The van der Waals surface area contributed by atoms with E-state index in [1.807, 2.05) is 48.1 Å². The summed E-state index contributed by atoms with van der Waals surface area (Å²) >= 11 is 0. The van der Waals surface area contributed by atoms with E-state index in [-0.39, 0.29) is 5.82 Å². The number of pyridine rings is 1. The normalized spacial score (nSPS) is 10.8. The fraction of sp³-hybridized carbons (Fsp3) is 0.160. The number of halogens is 1. The van der Waals surface area contributed by atoms with Crippen LogP contribution in [-0.2, 0) is 13.0 Å². The molecule has 6 heteroatoms. The zero-order chi connectivity index (χ0) is 21.8. The number of rotatable bonds is 6. The van der Waals surface area contributed by atoms with Crippen LogP contribution < -0.4 is 5.73 Å². The smallest absolute Gasteiger partial charge is 0.123 e. The van der Waals surface area contributed by atoms with Crippen molar-refractivity contribution in [3.05, 3.63) is 95.3 Å². The van der Waals surface area contributed by atoms with Gasteiger partial charge in [-0.2, -0.15) is 5.26 Å². The molecule has 154 valence electrons. The Morgan fingerprint density at radius 1 is 1.06 bits per heavy atom. The second-order valence-corrected chi connectivity index (χ2v) is 7.38. The first kappa shape index (κ1) is 20.5. The van der Waals surface area contributed by atoms with Crippen molar-refractivity contribution in [1.29, 1.82) is 5.26 Å². The summed E-state index contributed by atoms with van der Waals surface area (Å²) in [7, 11) is 0. The van der Waals surface area contributed by atoms with Crippen LogP contribution in [0.5, 0.6) is 0 Å². The maximum Gasteiger partial charge on any atom is 0.123 e. The largest absolute Gasteiger partial charge is 0.330 e. The molecule has 0 amide bonds. The molecule has 4 rings (SSSR count). The third-order valence-corrected chi connectivity index (χ3v) is 5.22. The van der Waals surface area contributed by atoms with Crippen LogP contribution >= 0.6 is 0 Å². The number of aromatic nitrogens is 3. The Morgan fingerprint density at radius 2 is 1.87 bits per heavy atom. The van der Waals surface area contributed by atoms with Gasteiger partial charge >= 0.3 is 0 Å². The van der Waals surface area contributed by atoms with Gasteiger partial charge in [-0.3, -0.25) is 4.98 Å². The van der Waals surface area contributed by atoms with Crippen LogP contribution in [0.4, 0.5) is 4.39 Å². The van der Waals surface area contributed by atoms with Crippen molar-refractivity contribution in [2.75, 3.05) is 6.54 Å².